The molecule has 0 saturated heterocycles. The maximum absolute atomic E-state index is 11.6. The first kappa shape index (κ1) is 12.4. The summed E-state index contributed by atoms with van der Waals surface area (Å²) >= 11 is 0. The Hall–Kier alpha value is -1.65. The third-order valence-corrected chi connectivity index (χ3v) is 2.63. The number of amides is 1. The van der Waals surface area contributed by atoms with Crippen molar-refractivity contribution in [3.8, 4) is 0 Å². The molecule has 0 aliphatic rings. The molecule has 1 amide bonds. The predicted octanol–water partition coefficient (Wildman–Crippen LogP) is 1.08. The predicted molar refractivity (Wildman–Crippen MR) is 62.8 cm³/mol. The van der Waals surface area contributed by atoms with Gasteiger partial charge in [-0.3, -0.25) is 4.79 Å². The number of nitrogens with zero attached hydrogens (tertiary/aromatic N) is 2. The summed E-state index contributed by atoms with van der Waals surface area (Å²) in [5.74, 6) is 1.08. The van der Waals surface area contributed by atoms with Gasteiger partial charge in [-0.25, -0.2) is 9.97 Å². The van der Waals surface area contributed by atoms with Gasteiger partial charge in [-0.05, 0) is 11.8 Å². The zero-order valence-electron chi connectivity index (χ0n) is 9.90. The Morgan fingerprint density at radius 1 is 1.38 bits per heavy atom. The number of carbonyl (C=O) groups excluding carboxylic acids is 1. The maximum atomic E-state index is 11.6. The van der Waals surface area contributed by atoms with Crippen LogP contribution in [-0.2, 0) is 0 Å². The number of aromatic nitrogens is 2. The Labute approximate surface area is 95.5 Å². The lowest BCUT2D eigenvalue weighted by atomic mass is 9.98. The first-order valence-corrected chi connectivity index (χ1v) is 5.36. The molecular formula is C11H18N4O. The highest BCUT2D eigenvalue weighted by molar-refractivity contribution is 5.91. The molecule has 0 saturated carbocycles. The normalized spacial score (nSPS) is 12.5. The van der Waals surface area contributed by atoms with Gasteiger partial charge in [0.05, 0.1) is 12.4 Å². The van der Waals surface area contributed by atoms with Crippen LogP contribution < -0.4 is 11.1 Å². The van der Waals surface area contributed by atoms with E-state index in [2.05, 4.69) is 36.1 Å². The van der Waals surface area contributed by atoms with Gasteiger partial charge in [-0.2, -0.15) is 0 Å². The lowest BCUT2D eigenvalue weighted by Crippen LogP contribution is -2.30. The minimum absolute atomic E-state index is 0.208. The number of rotatable bonds is 4. The summed E-state index contributed by atoms with van der Waals surface area (Å²) in [6.45, 7) is 6.99. The van der Waals surface area contributed by atoms with Crippen molar-refractivity contribution < 1.29 is 4.79 Å². The molecule has 88 valence electrons. The summed E-state index contributed by atoms with van der Waals surface area (Å²) in [6, 6.07) is 0. The molecule has 16 heavy (non-hydrogen) atoms. The second kappa shape index (κ2) is 5.44. The van der Waals surface area contributed by atoms with Crippen molar-refractivity contribution in [3.63, 3.8) is 0 Å². The lowest BCUT2D eigenvalue weighted by Gasteiger charge is -2.15. The van der Waals surface area contributed by atoms with Crippen LogP contribution in [0.4, 0.5) is 5.82 Å². The molecule has 1 unspecified atom stereocenters. The van der Waals surface area contributed by atoms with E-state index in [4.69, 9.17) is 5.73 Å². The van der Waals surface area contributed by atoms with Gasteiger partial charge in [0.2, 0.25) is 0 Å². The second-order valence-corrected chi connectivity index (χ2v) is 4.26. The van der Waals surface area contributed by atoms with Gasteiger partial charge in [0, 0.05) is 6.54 Å². The number of carbonyl (C=O) groups is 1. The number of hydrogen-bond donors (Lipinski definition) is 2. The molecule has 0 aliphatic heterocycles. The average molecular weight is 222 g/mol. The minimum Gasteiger partial charge on any atom is -0.382 e. The molecule has 0 spiro atoms. The molecule has 0 fully saturated rings. The molecule has 0 radical (unpaired) electrons. The highest BCUT2D eigenvalue weighted by Crippen LogP contribution is 2.07. The fourth-order valence-corrected chi connectivity index (χ4v) is 1.04. The minimum atomic E-state index is -0.208. The van der Waals surface area contributed by atoms with E-state index in [-0.39, 0.29) is 5.91 Å². The SMILES string of the molecule is CC(C)C(C)CNC(=O)c1cnc(N)cn1. The molecule has 0 bridgehead atoms. The molecule has 5 nitrogen and oxygen atoms in total. The summed E-state index contributed by atoms with van der Waals surface area (Å²) in [5.41, 5.74) is 5.68. The van der Waals surface area contributed by atoms with Crippen molar-refractivity contribution in [2.75, 3.05) is 12.3 Å². The van der Waals surface area contributed by atoms with Gasteiger partial charge in [0.25, 0.3) is 5.91 Å². The lowest BCUT2D eigenvalue weighted by molar-refractivity contribution is 0.0939. The Bertz CT molecular complexity index is 348. The number of anilines is 1. The third-order valence-electron chi connectivity index (χ3n) is 2.63. The first-order valence-electron chi connectivity index (χ1n) is 5.36. The molecule has 0 aromatic carbocycles. The van der Waals surface area contributed by atoms with Crippen LogP contribution in [0, 0.1) is 11.8 Å². The summed E-state index contributed by atoms with van der Waals surface area (Å²) in [6.07, 6.45) is 2.76. The second-order valence-electron chi connectivity index (χ2n) is 4.26. The molecule has 1 rings (SSSR count). The van der Waals surface area contributed by atoms with Crippen LogP contribution in [0.5, 0.6) is 0 Å². The summed E-state index contributed by atoms with van der Waals surface area (Å²) < 4.78 is 0. The number of hydrogen-bond acceptors (Lipinski definition) is 4. The van der Waals surface area contributed by atoms with Gasteiger partial charge < -0.3 is 11.1 Å². The van der Waals surface area contributed by atoms with Gasteiger partial charge >= 0.3 is 0 Å². The standard InChI is InChI=1S/C11H18N4O/c1-7(2)8(3)4-15-11(16)9-5-14-10(12)6-13-9/h5-8H,4H2,1-3H3,(H2,12,14)(H,15,16). The Morgan fingerprint density at radius 3 is 2.56 bits per heavy atom. The van der Waals surface area contributed by atoms with E-state index in [9.17, 15) is 4.79 Å². The molecule has 1 aromatic heterocycles. The van der Waals surface area contributed by atoms with Crippen LogP contribution in [0.15, 0.2) is 12.4 Å². The number of nitrogens with one attached hydrogen (secondary N) is 1. The molecule has 1 aromatic rings. The Morgan fingerprint density at radius 2 is 2.06 bits per heavy atom. The third kappa shape index (κ3) is 3.49. The van der Waals surface area contributed by atoms with Gasteiger partial charge in [0.15, 0.2) is 0 Å². The van der Waals surface area contributed by atoms with E-state index in [1.54, 1.807) is 0 Å². The van der Waals surface area contributed by atoms with E-state index >= 15 is 0 Å². The van der Waals surface area contributed by atoms with Crippen molar-refractivity contribution in [2.45, 2.75) is 20.8 Å². The first-order chi connectivity index (χ1) is 7.50. The zero-order chi connectivity index (χ0) is 12.1. The van der Waals surface area contributed by atoms with Crippen LogP contribution in [-0.4, -0.2) is 22.4 Å². The molecule has 1 atom stereocenters. The van der Waals surface area contributed by atoms with Crippen molar-refractivity contribution in [2.24, 2.45) is 11.8 Å². The fourth-order valence-electron chi connectivity index (χ4n) is 1.04. The molecule has 3 N–H and O–H groups in total. The fraction of sp³-hybridized carbons (Fsp3) is 0.545. The molecule has 5 heteroatoms. The van der Waals surface area contributed by atoms with Crippen molar-refractivity contribution >= 4 is 11.7 Å². The Balaban J connectivity index is 2.50. The van der Waals surface area contributed by atoms with Crippen LogP contribution in [0.1, 0.15) is 31.3 Å². The van der Waals surface area contributed by atoms with Crippen molar-refractivity contribution in [3.05, 3.63) is 18.1 Å². The van der Waals surface area contributed by atoms with Crippen molar-refractivity contribution in [1.82, 2.24) is 15.3 Å². The average Bonchev–Trinajstić information content (AvgIpc) is 2.26. The van der Waals surface area contributed by atoms with Crippen LogP contribution in [0.2, 0.25) is 0 Å². The summed E-state index contributed by atoms with van der Waals surface area (Å²) in [7, 11) is 0. The van der Waals surface area contributed by atoms with Crippen molar-refractivity contribution in [1.29, 1.82) is 0 Å². The monoisotopic (exact) mass is 222 g/mol. The van der Waals surface area contributed by atoms with Gasteiger partial charge in [-0.1, -0.05) is 20.8 Å². The van der Waals surface area contributed by atoms with Crippen LogP contribution in [0.3, 0.4) is 0 Å². The van der Waals surface area contributed by atoms with Crippen LogP contribution >= 0.6 is 0 Å². The van der Waals surface area contributed by atoms with Crippen LogP contribution in [0.25, 0.3) is 0 Å². The van der Waals surface area contributed by atoms with Gasteiger partial charge in [0.1, 0.15) is 11.5 Å². The topological polar surface area (TPSA) is 80.9 Å². The smallest absolute Gasteiger partial charge is 0.271 e. The van der Waals surface area contributed by atoms with E-state index in [0.717, 1.165) is 0 Å². The molecular weight excluding hydrogens is 204 g/mol. The summed E-state index contributed by atoms with van der Waals surface area (Å²) in [5, 5.41) is 2.82. The maximum Gasteiger partial charge on any atom is 0.271 e. The van der Waals surface area contributed by atoms with Gasteiger partial charge in [-0.15, -0.1) is 0 Å². The molecule has 0 aliphatic carbocycles. The zero-order valence-corrected chi connectivity index (χ0v) is 9.90. The highest BCUT2D eigenvalue weighted by atomic mass is 16.1. The van der Waals surface area contributed by atoms with E-state index in [0.29, 0.717) is 29.9 Å². The number of nitrogens with two attached hydrogens (primary N) is 1. The highest BCUT2D eigenvalue weighted by Gasteiger charge is 2.11. The summed E-state index contributed by atoms with van der Waals surface area (Å²) in [4.78, 5) is 19.3. The number of nitrogen functional groups attached to an aromatic ring is 1. The quantitative estimate of drug-likeness (QED) is 0.798. The van der Waals surface area contributed by atoms with E-state index < -0.39 is 0 Å². The van der Waals surface area contributed by atoms with E-state index in [1.807, 2.05) is 0 Å². The van der Waals surface area contributed by atoms with E-state index in [1.165, 1.54) is 12.4 Å². The Kier molecular flexibility index (Phi) is 4.22. The largest absolute Gasteiger partial charge is 0.382 e. The molecule has 1 heterocycles.